The van der Waals surface area contributed by atoms with Crippen molar-refractivity contribution in [3.05, 3.63) is 47.7 Å². The number of likely N-dealkylation sites (tertiary alicyclic amines) is 1. The van der Waals surface area contributed by atoms with Gasteiger partial charge in [0, 0.05) is 25.6 Å². The van der Waals surface area contributed by atoms with Gasteiger partial charge in [0.25, 0.3) is 0 Å². The molecule has 5 rings (SSSR count). The molecule has 2 aromatic rings. The summed E-state index contributed by atoms with van der Waals surface area (Å²) in [6, 6.07) is 9.46. The predicted molar refractivity (Wildman–Crippen MR) is 125 cm³/mol. The fourth-order valence-electron chi connectivity index (χ4n) is 4.95. The molecule has 35 heavy (non-hydrogen) atoms. The largest absolute Gasteiger partial charge is 0.444 e. The number of aromatic nitrogens is 2. The van der Waals surface area contributed by atoms with Crippen LogP contribution in [0.5, 0.6) is 0 Å². The average molecular weight is 484 g/mol. The second-order valence-electron chi connectivity index (χ2n) is 10.5. The standard InChI is InChI=1S/C25H33N5O5/c1-25(2,3)35-24(32)28-13-11-18(12-14-28)21-26-27-22(34-21)20-10-9-19-15-29(20)23(31)30(19)33-16-17-7-5-4-6-8-17/h4-8,18-20H,9-16H2,1-3H3/t19-,20+/m1/s1. The molecule has 188 valence electrons. The van der Waals surface area contributed by atoms with Crippen LogP contribution in [0.25, 0.3) is 0 Å². The maximum Gasteiger partial charge on any atom is 0.410 e. The molecule has 0 spiro atoms. The zero-order valence-corrected chi connectivity index (χ0v) is 20.6. The minimum Gasteiger partial charge on any atom is -0.444 e. The number of rotatable bonds is 5. The zero-order valence-electron chi connectivity index (χ0n) is 20.6. The lowest BCUT2D eigenvalue weighted by Crippen LogP contribution is -2.41. The van der Waals surface area contributed by atoms with E-state index in [-0.39, 0.29) is 30.1 Å². The summed E-state index contributed by atoms with van der Waals surface area (Å²) in [5.41, 5.74) is 0.510. The Bertz CT molecular complexity index is 1040. The van der Waals surface area contributed by atoms with E-state index >= 15 is 0 Å². The predicted octanol–water partition coefficient (Wildman–Crippen LogP) is 4.26. The number of carbonyl (C=O) groups excluding carboxylic acids is 2. The number of urea groups is 1. The normalized spacial score (nSPS) is 23.2. The Morgan fingerprint density at radius 3 is 2.49 bits per heavy atom. The number of ether oxygens (including phenoxy) is 1. The molecule has 0 unspecified atom stereocenters. The van der Waals surface area contributed by atoms with Crippen molar-refractivity contribution in [1.29, 1.82) is 0 Å². The molecular weight excluding hydrogens is 450 g/mol. The number of nitrogens with zero attached hydrogens (tertiary/aromatic N) is 5. The van der Waals surface area contributed by atoms with Crippen molar-refractivity contribution in [2.45, 2.75) is 76.7 Å². The van der Waals surface area contributed by atoms with Crippen LogP contribution in [-0.4, -0.2) is 68.5 Å². The number of fused-ring (bicyclic) bond motifs is 2. The molecule has 0 saturated carbocycles. The van der Waals surface area contributed by atoms with Gasteiger partial charge in [0.05, 0.1) is 6.04 Å². The quantitative estimate of drug-likeness (QED) is 0.626. The van der Waals surface area contributed by atoms with Crippen LogP contribution >= 0.6 is 0 Å². The van der Waals surface area contributed by atoms with Crippen LogP contribution in [0.15, 0.2) is 34.7 Å². The van der Waals surface area contributed by atoms with E-state index in [0.717, 1.165) is 31.2 Å². The molecule has 10 nitrogen and oxygen atoms in total. The summed E-state index contributed by atoms with van der Waals surface area (Å²) in [6.07, 6.45) is 2.74. The van der Waals surface area contributed by atoms with Gasteiger partial charge in [0.15, 0.2) is 0 Å². The van der Waals surface area contributed by atoms with Crippen molar-refractivity contribution in [2.24, 2.45) is 0 Å². The molecule has 1 aromatic carbocycles. The summed E-state index contributed by atoms with van der Waals surface area (Å²) in [7, 11) is 0. The number of hydrogen-bond donors (Lipinski definition) is 0. The van der Waals surface area contributed by atoms with Gasteiger partial charge in [-0.2, -0.15) is 5.06 Å². The first kappa shape index (κ1) is 23.6. The molecule has 2 atom stereocenters. The smallest absolute Gasteiger partial charge is 0.410 e. The summed E-state index contributed by atoms with van der Waals surface area (Å²) < 4.78 is 11.6. The first-order valence-corrected chi connectivity index (χ1v) is 12.4. The Kier molecular flexibility index (Phi) is 6.39. The average Bonchev–Trinajstić information content (AvgIpc) is 3.42. The minimum absolute atomic E-state index is 0.0297. The highest BCUT2D eigenvalue weighted by Crippen LogP contribution is 2.39. The Balaban J connectivity index is 1.18. The lowest BCUT2D eigenvalue weighted by atomic mass is 9.97. The van der Waals surface area contributed by atoms with Crippen LogP contribution in [0.3, 0.4) is 0 Å². The second kappa shape index (κ2) is 9.49. The lowest BCUT2D eigenvalue weighted by molar-refractivity contribution is -0.140. The number of carbonyl (C=O) groups is 2. The summed E-state index contributed by atoms with van der Waals surface area (Å²) in [5, 5.41) is 10.1. The van der Waals surface area contributed by atoms with E-state index in [1.54, 1.807) is 9.80 Å². The van der Waals surface area contributed by atoms with Gasteiger partial charge >= 0.3 is 12.1 Å². The van der Waals surface area contributed by atoms with Gasteiger partial charge < -0.3 is 19.0 Å². The van der Waals surface area contributed by atoms with Crippen molar-refractivity contribution < 1.29 is 23.6 Å². The fourth-order valence-corrected chi connectivity index (χ4v) is 4.95. The van der Waals surface area contributed by atoms with Gasteiger partial charge in [-0.05, 0) is 52.0 Å². The third-order valence-corrected chi connectivity index (χ3v) is 6.77. The van der Waals surface area contributed by atoms with Gasteiger partial charge in [-0.1, -0.05) is 30.3 Å². The number of hydroxylamine groups is 2. The molecule has 1 aromatic heterocycles. The SMILES string of the molecule is CC(C)(C)OC(=O)N1CCC(c2nnc([C@@H]3CC[C@@H]4CN3C(=O)N4OCc3ccccc3)o2)CC1. The summed E-state index contributed by atoms with van der Waals surface area (Å²) in [6.45, 7) is 7.71. The maximum absolute atomic E-state index is 13.1. The van der Waals surface area contributed by atoms with E-state index in [0.29, 0.717) is 38.0 Å². The molecule has 0 aliphatic carbocycles. The van der Waals surface area contributed by atoms with Crippen LogP contribution < -0.4 is 0 Å². The monoisotopic (exact) mass is 483 g/mol. The van der Waals surface area contributed by atoms with E-state index in [4.69, 9.17) is 14.0 Å². The van der Waals surface area contributed by atoms with Gasteiger partial charge in [-0.3, -0.25) is 4.84 Å². The number of piperidine rings is 2. The summed E-state index contributed by atoms with van der Waals surface area (Å²) in [4.78, 5) is 34.8. The lowest BCUT2D eigenvalue weighted by Gasteiger charge is -2.32. The van der Waals surface area contributed by atoms with Gasteiger partial charge in [0.1, 0.15) is 18.2 Å². The van der Waals surface area contributed by atoms with E-state index in [1.807, 2.05) is 51.1 Å². The molecule has 10 heteroatoms. The molecule has 3 aliphatic rings. The van der Waals surface area contributed by atoms with Crippen molar-refractivity contribution in [2.75, 3.05) is 19.6 Å². The van der Waals surface area contributed by atoms with Crippen LogP contribution in [0.4, 0.5) is 9.59 Å². The molecule has 3 saturated heterocycles. The molecular formula is C25H33N5O5. The van der Waals surface area contributed by atoms with Crippen LogP contribution in [0.1, 0.15) is 75.8 Å². The molecule has 2 bridgehead atoms. The molecule has 4 heterocycles. The Hall–Kier alpha value is -3.14. The van der Waals surface area contributed by atoms with Crippen molar-refractivity contribution >= 4 is 12.1 Å². The third kappa shape index (κ3) is 5.12. The fraction of sp³-hybridized carbons (Fsp3) is 0.600. The number of benzene rings is 1. The van der Waals surface area contributed by atoms with Crippen LogP contribution in [0, 0.1) is 0 Å². The van der Waals surface area contributed by atoms with E-state index < -0.39 is 5.60 Å². The topological polar surface area (TPSA) is 101 Å². The third-order valence-electron chi connectivity index (χ3n) is 6.77. The summed E-state index contributed by atoms with van der Waals surface area (Å²) >= 11 is 0. The molecule has 3 fully saturated rings. The summed E-state index contributed by atoms with van der Waals surface area (Å²) in [5.74, 6) is 1.15. The number of hydrogen-bond acceptors (Lipinski definition) is 7. The Morgan fingerprint density at radius 2 is 1.77 bits per heavy atom. The highest BCUT2D eigenvalue weighted by atomic mass is 16.7. The highest BCUT2D eigenvalue weighted by molar-refractivity contribution is 5.77. The maximum atomic E-state index is 13.1. The van der Waals surface area contributed by atoms with E-state index in [2.05, 4.69) is 10.2 Å². The second-order valence-corrected chi connectivity index (χ2v) is 10.5. The van der Waals surface area contributed by atoms with Crippen LogP contribution in [0.2, 0.25) is 0 Å². The highest BCUT2D eigenvalue weighted by Gasteiger charge is 2.48. The van der Waals surface area contributed by atoms with Crippen molar-refractivity contribution in [3.63, 3.8) is 0 Å². The Labute approximate surface area is 205 Å². The zero-order chi connectivity index (χ0) is 24.6. The molecule has 0 radical (unpaired) electrons. The van der Waals surface area contributed by atoms with E-state index in [9.17, 15) is 9.59 Å². The molecule has 0 N–H and O–H groups in total. The van der Waals surface area contributed by atoms with Gasteiger partial charge in [-0.15, -0.1) is 10.2 Å². The first-order valence-electron chi connectivity index (χ1n) is 12.4. The molecule has 3 amide bonds. The van der Waals surface area contributed by atoms with Gasteiger partial charge in [0.2, 0.25) is 11.8 Å². The van der Waals surface area contributed by atoms with Crippen molar-refractivity contribution in [3.8, 4) is 0 Å². The molecule has 3 aliphatic heterocycles. The minimum atomic E-state index is -0.510. The van der Waals surface area contributed by atoms with E-state index in [1.165, 1.54) is 5.06 Å². The first-order chi connectivity index (χ1) is 16.8. The van der Waals surface area contributed by atoms with Crippen molar-refractivity contribution in [1.82, 2.24) is 25.1 Å². The number of amides is 3. The Morgan fingerprint density at radius 1 is 1.06 bits per heavy atom. The van der Waals surface area contributed by atoms with Gasteiger partial charge in [-0.25, -0.2) is 9.59 Å². The van der Waals surface area contributed by atoms with Crippen LogP contribution in [-0.2, 0) is 16.2 Å².